The molecular weight excluding hydrogens is 345 g/mol. The van der Waals surface area contributed by atoms with Gasteiger partial charge in [0.15, 0.2) is 0 Å². The number of halogens is 1. The Labute approximate surface area is 159 Å². The molecule has 1 aromatic rings. The van der Waals surface area contributed by atoms with Crippen LogP contribution in [0.1, 0.15) is 37.7 Å². The predicted molar refractivity (Wildman–Crippen MR) is 98.2 cm³/mol. The second-order valence-corrected chi connectivity index (χ2v) is 9.48. The van der Waals surface area contributed by atoms with Crippen molar-refractivity contribution in [2.45, 2.75) is 50.7 Å². The normalized spacial score (nSPS) is 40.3. The summed E-state index contributed by atoms with van der Waals surface area (Å²) >= 11 is 0. The molecule has 0 aromatic heterocycles. The summed E-state index contributed by atoms with van der Waals surface area (Å²) in [5.41, 5.74) is 0.495. The van der Waals surface area contributed by atoms with Gasteiger partial charge in [0.05, 0.1) is 12.2 Å². The van der Waals surface area contributed by atoms with Gasteiger partial charge in [0, 0.05) is 19.5 Å². The van der Waals surface area contributed by atoms with Crippen molar-refractivity contribution in [3.05, 3.63) is 35.6 Å². The molecule has 1 heterocycles. The Kier molecular flexibility index (Phi) is 4.10. The number of benzene rings is 1. The number of rotatable bonds is 4. The van der Waals surface area contributed by atoms with Crippen LogP contribution in [0.15, 0.2) is 24.3 Å². The molecule has 6 rings (SSSR count). The van der Waals surface area contributed by atoms with Gasteiger partial charge in [-0.1, -0.05) is 18.2 Å². The number of hydrogen-bond donors (Lipinski definition) is 2. The summed E-state index contributed by atoms with van der Waals surface area (Å²) in [7, 11) is 0. The first-order valence-electron chi connectivity index (χ1n) is 10.3. The monoisotopic (exact) mass is 373 g/mol. The van der Waals surface area contributed by atoms with Crippen LogP contribution in [0.4, 0.5) is 4.39 Å². The molecule has 27 heavy (non-hydrogen) atoms. The van der Waals surface area contributed by atoms with Crippen LogP contribution in [0.3, 0.4) is 0 Å². The van der Waals surface area contributed by atoms with Crippen molar-refractivity contribution in [1.29, 1.82) is 0 Å². The molecule has 5 heteroatoms. The molecule has 1 aromatic carbocycles. The van der Waals surface area contributed by atoms with Crippen molar-refractivity contribution in [2.24, 2.45) is 29.1 Å². The van der Waals surface area contributed by atoms with Crippen LogP contribution in [0, 0.1) is 34.9 Å². The van der Waals surface area contributed by atoms with E-state index in [9.17, 15) is 19.4 Å². The van der Waals surface area contributed by atoms with Gasteiger partial charge in [0.1, 0.15) is 5.82 Å². The van der Waals surface area contributed by atoms with E-state index in [1.165, 1.54) is 6.07 Å². The lowest BCUT2D eigenvalue weighted by molar-refractivity contribution is -0.179. The van der Waals surface area contributed by atoms with Crippen molar-refractivity contribution in [1.82, 2.24) is 4.90 Å². The zero-order valence-corrected chi connectivity index (χ0v) is 15.6. The van der Waals surface area contributed by atoms with Crippen LogP contribution in [0.2, 0.25) is 0 Å². The van der Waals surface area contributed by atoms with Crippen molar-refractivity contribution >= 4 is 5.91 Å². The van der Waals surface area contributed by atoms with Crippen LogP contribution >= 0.6 is 0 Å². The van der Waals surface area contributed by atoms with Crippen LogP contribution in [-0.2, 0) is 11.2 Å². The number of hydrogen-bond acceptors (Lipinski definition) is 3. The minimum Gasteiger partial charge on any atom is -0.393 e. The van der Waals surface area contributed by atoms with Gasteiger partial charge in [-0.05, 0) is 72.8 Å². The molecule has 4 bridgehead atoms. The molecule has 0 radical (unpaired) electrons. The fourth-order valence-electron chi connectivity index (χ4n) is 6.75. The van der Waals surface area contributed by atoms with Crippen LogP contribution in [-0.4, -0.2) is 46.3 Å². The zero-order valence-electron chi connectivity index (χ0n) is 15.6. The molecule has 0 atom stereocenters. The average Bonchev–Trinajstić information content (AvgIpc) is 2.59. The summed E-state index contributed by atoms with van der Waals surface area (Å²) in [5, 5.41) is 20.1. The molecule has 2 N–H and O–H groups in total. The standard InChI is InChI=1S/C22H28FNO3/c23-19-4-2-1-3-13(19)9-22(10-20(26)24-11-18(25)12-24)16-5-14-6-17(22)8-15(7-16)21(14)27/h1-4,14-18,21,25,27H,5-12H2. The maximum absolute atomic E-state index is 14.5. The summed E-state index contributed by atoms with van der Waals surface area (Å²) in [6, 6.07) is 6.95. The van der Waals surface area contributed by atoms with Gasteiger partial charge in [-0.25, -0.2) is 4.39 Å². The van der Waals surface area contributed by atoms with Gasteiger partial charge in [0.2, 0.25) is 5.91 Å². The topological polar surface area (TPSA) is 60.8 Å². The number of carbonyl (C=O) groups excluding carboxylic acids is 1. The van der Waals surface area contributed by atoms with E-state index in [4.69, 9.17) is 0 Å². The van der Waals surface area contributed by atoms with Gasteiger partial charge in [-0.3, -0.25) is 4.79 Å². The van der Waals surface area contributed by atoms with E-state index in [-0.39, 0.29) is 23.2 Å². The summed E-state index contributed by atoms with van der Waals surface area (Å²) in [6.07, 6.45) is 4.29. The molecule has 1 saturated heterocycles. The van der Waals surface area contributed by atoms with Crippen LogP contribution in [0.5, 0.6) is 0 Å². The molecule has 4 nitrogen and oxygen atoms in total. The molecule has 5 fully saturated rings. The minimum atomic E-state index is -0.398. The number of aliphatic hydroxyl groups is 2. The Bertz CT molecular complexity index is 715. The number of likely N-dealkylation sites (tertiary alicyclic amines) is 1. The lowest BCUT2D eigenvalue weighted by atomic mass is 9.42. The van der Waals surface area contributed by atoms with Crippen molar-refractivity contribution < 1.29 is 19.4 Å². The highest BCUT2D eigenvalue weighted by molar-refractivity contribution is 5.78. The lowest BCUT2D eigenvalue weighted by Crippen LogP contribution is -2.61. The fraction of sp³-hybridized carbons (Fsp3) is 0.682. The van der Waals surface area contributed by atoms with Gasteiger partial charge in [-0.2, -0.15) is 0 Å². The number of β-amino-alcohol motifs (C(OH)–C–C–N with tert-alkyl or cyclic N) is 1. The highest BCUT2D eigenvalue weighted by Gasteiger charge is 2.60. The van der Waals surface area contributed by atoms with Gasteiger partial charge >= 0.3 is 0 Å². The highest BCUT2D eigenvalue weighted by atomic mass is 19.1. The van der Waals surface area contributed by atoms with E-state index in [1.807, 2.05) is 12.1 Å². The molecule has 0 spiro atoms. The second-order valence-electron chi connectivity index (χ2n) is 9.48. The van der Waals surface area contributed by atoms with E-state index >= 15 is 0 Å². The predicted octanol–water partition coefficient (Wildman–Crippen LogP) is 2.37. The average molecular weight is 373 g/mol. The van der Waals surface area contributed by atoms with Crippen molar-refractivity contribution in [3.63, 3.8) is 0 Å². The quantitative estimate of drug-likeness (QED) is 0.852. The Morgan fingerprint density at radius 1 is 1.07 bits per heavy atom. The van der Waals surface area contributed by atoms with Crippen molar-refractivity contribution in [2.75, 3.05) is 13.1 Å². The summed E-state index contributed by atoms with van der Waals surface area (Å²) in [4.78, 5) is 14.7. The van der Waals surface area contributed by atoms with Gasteiger partial charge < -0.3 is 15.1 Å². The number of amides is 1. The molecule has 0 unspecified atom stereocenters. The minimum absolute atomic E-state index is 0.102. The molecule has 5 aliphatic rings. The summed E-state index contributed by atoms with van der Waals surface area (Å²) in [5.74, 6) is 1.36. The number of carbonyl (C=O) groups is 1. The Morgan fingerprint density at radius 3 is 2.22 bits per heavy atom. The third kappa shape index (κ3) is 2.73. The largest absolute Gasteiger partial charge is 0.393 e. The Hall–Kier alpha value is -1.46. The summed E-state index contributed by atoms with van der Waals surface area (Å²) in [6.45, 7) is 0.849. The number of aliphatic hydroxyl groups excluding tert-OH is 2. The molecule has 1 amide bonds. The van der Waals surface area contributed by atoms with Crippen LogP contribution < -0.4 is 0 Å². The first-order valence-corrected chi connectivity index (χ1v) is 10.3. The first kappa shape index (κ1) is 17.6. The van der Waals surface area contributed by atoms with E-state index < -0.39 is 6.10 Å². The molecule has 4 aliphatic carbocycles. The van der Waals surface area contributed by atoms with E-state index in [0.717, 1.165) is 25.7 Å². The Balaban J connectivity index is 1.47. The molecular formula is C22H28FNO3. The van der Waals surface area contributed by atoms with Crippen molar-refractivity contribution in [3.8, 4) is 0 Å². The first-order chi connectivity index (χ1) is 13.0. The molecule has 146 valence electrons. The smallest absolute Gasteiger partial charge is 0.223 e. The second kappa shape index (κ2) is 6.28. The molecule has 4 saturated carbocycles. The Morgan fingerprint density at radius 2 is 1.67 bits per heavy atom. The van der Waals surface area contributed by atoms with E-state index in [2.05, 4.69) is 0 Å². The lowest BCUT2D eigenvalue weighted by Gasteiger charge is -2.63. The third-order valence-corrected chi connectivity index (χ3v) is 8.11. The van der Waals surface area contributed by atoms with Crippen LogP contribution in [0.25, 0.3) is 0 Å². The highest BCUT2D eigenvalue weighted by Crippen LogP contribution is 2.64. The third-order valence-electron chi connectivity index (χ3n) is 8.11. The maximum Gasteiger partial charge on any atom is 0.223 e. The van der Waals surface area contributed by atoms with E-state index in [1.54, 1.807) is 11.0 Å². The van der Waals surface area contributed by atoms with Gasteiger partial charge in [0.25, 0.3) is 0 Å². The van der Waals surface area contributed by atoms with Gasteiger partial charge in [-0.15, -0.1) is 0 Å². The van der Waals surface area contributed by atoms with E-state index in [0.29, 0.717) is 55.2 Å². The summed E-state index contributed by atoms with van der Waals surface area (Å²) < 4.78 is 14.5. The zero-order chi connectivity index (χ0) is 18.8. The SMILES string of the molecule is O=C(CC1(Cc2ccccc2F)C2CC3CC1CC(C2)C3O)N1CC(O)C1. The fourth-order valence-corrected chi connectivity index (χ4v) is 6.75. The number of nitrogens with zero attached hydrogens (tertiary/aromatic N) is 1. The maximum atomic E-state index is 14.5. The molecule has 1 aliphatic heterocycles.